The third-order valence-electron chi connectivity index (χ3n) is 8.05. The van der Waals surface area contributed by atoms with Crippen molar-refractivity contribution in [3.8, 4) is 22.8 Å². The molecule has 0 unspecified atom stereocenters. The quantitative estimate of drug-likeness (QED) is 0.111. The average molecular weight is 573 g/mol. The molecule has 0 aliphatic rings. The van der Waals surface area contributed by atoms with Crippen LogP contribution in [-0.2, 0) is 25.7 Å². The number of aromatic nitrogens is 6. The Morgan fingerprint density at radius 2 is 0.786 bits per heavy atom. The first-order chi connectivity index (χ1) is 20.7. The first kappa shape index (κ1) is 33.7. The molecule has 3 aromatic rings. The third-order valence-corrected chi connectivity index (χ3v) is 8.05. The van der Waals surface area contributed by atoms with E-state index in [2.05, 4.69) is 39.8 Å². The molecule has 0 aliphatic heterocycles. The zero-order valence-corrected chi connectivity index (χ0v) is 27.1. The zero-order chi connectivity index (χ0) is 29.8. The number of unbranched alkanes of at least 4 members (excludes halogenated alkanes) is 12. The molecule has 0 atom stereocenters. The van der Waals surface area contributed by atoms with Gasteiger partial charge in [0.25, 0.3) is 0 Å². The Labute approximate surface area is 256 Å². The molecule has 3 aromatic heterocycles. The summed E-state index contributed by atoms with van der Waals surface area (Å²) in [4.78, 5) is 20.0. The van der Waals surface area contributed by atoms with E-state index >= 15 is 0 Å². The van der Waals surface area contributed by atoms with Crippen molar-refractivity contribution in [2.45, 2.75) is 156 Å². The van der Waals surface area contributed by atoms with Gasteiger partial charge >= 0.3 is 0 Å². The van der Waals surface area contributed by atoms with Crippen LogP contribution < -0.4 is 0 Å². The summed E-state index contributed by atoms with van der Waals surface area (Å²) in [5.41, 5.74) is 7.59. The second kappa shape index (κ2) is 20.2. The van der Waals surface area contributed by atoms with Crippen molar-refractivity contribution < 1.29 is 0 Å². The molecule has 0 aromatic carbocycles. The highest BCUT2D eigenvalue weighted by atomic mass is 15.1. The summed E-state index contributed by atoms with van der Waals surface area (Å²) < 4.78 is 0. The van der Waals surface area contributed by atoms with Gasteiger partial charge in [-0.2, -0.15) is 0 Å². The largest absolute Gasteiger partial charge is 0.257 e. The van der Waals surface area contributed by atoms with Crippen molar-refractivity contribution in [3.63, 3.8) is 0 Å². The van der Waals surface area contributed by atoms with Gasteiger partial charge in [-0.15, -0.1) is 10.2 Å². The van der Waals surface area contributed by atoms with Gasteiger partial charge in [0, 0.05) is 12.4 Å². The minimum absolute atomic E-state index is 0.806. The van der Waals surface area contributed by atoms with Crippen LogP contribution in [0.1, 0.15) is 153 Å². The number of hydrogen-bond acceptors (Lipinski definition) is 6. The molecule has 0 aliphatic carbocycles. The number of aryl methyl sites for hydroxylation is 4. The molecule has 0 spiro atoms. The second-order valence-electron chi connectivity index (χ2n) is 11.9. The van der Waals surface area contributed by atoms with E-state index in [1.807, 2.05) is 12.4 Å². The molecule has 3 heterocycles. The molecule has 0 radical (unpaired) electrons. The molecule has 6 heteroatoms. The molecule has 0 saturated heterocycles. The Morgan fingerprint density at radius 1 is 0.429 bits per heavy atom. The van der Waals surface area contributed by atoms with Gasteiger partial charge in [-0.25, -0.2) is 9.97 Å². The van der Waals surface area contributed by atoms with Crippen LogP contribution in [0.4, 0.5) is 0 Å². The fraction of sp³-hybridized carbons (Fsp3) is 0.667. The third kappa shape index (κ3) is 11.5. The van der Waals surface area contributed by atoms with Crippen molar-refractivity contribution in [2.75, 3.05) is 0 Å². The summed E-state index contributed by atoms with van der Waals surface area (Å²) in [5, 5.41) is 9.46. The van der Waals surface area contributed by atoms with Crippen molar-refractivity contribution in [2.24, 2.45) is 0 Å². The predicted octanol–water partition coefficient (Wildman–Crippen LogP) is 9.88. The Bertz CT molecular complexity index is 1050. The summed E-state index contributed by atoms with van der Waals surface area (Å²) in [5.74, 6) is 0. The van der Waals surface area contributed by atoms with Crippen molar-refractivity contribution in [3.05, 3.63) is 47.3 Å². The number of nitrogens with zero attached hydrogens (tertiary/aromatic N) is 6. The highest BCUT2D eigenvalue weighted by molar-refractivity contribution is 5.62. The molecule has 230 valence electrons. The Kier molecular flexibility index (Phi) is 16.2. The van der Waals surface area contributed by atoms with E-state index < -0.39 is 0 Å². The summed E-state index contributed by atoms with van der Waals surface area (Å²) in [6, 6.07) is 4.14. The maximum absolute atomic E-state index is 5.09. The fourth-order valence-corrected chi connectivity index (χ4v) is 5.41. The molecule has 0 saturated carbocycles. The average Bonchev–Trinajstić information content (AvgIpc) is 3.02. The van der Waals surface area contributed by atoms with Crippen LogP contribution in [-0.4, -0.2) is 30.1 Å². The van der Waals surface area contributed by atoms with Crippen LogP contribution in [0.15, 0.2) is 24.5 Å². The van der Waals surface area contributed by atoms with Crippen molar-refractivity contribution >= 4 is 0 Å². The van der Waals surface area contributed by atoms with Gasteiger partial charge in [0.15, 0.2) is 0 Å². The van der Waals surface area contributed by atoms with Gasteiger partial charge in [-0.3, -0.25) is 9.97 Å². The van der Waals surface area contributed by atoms with E-state index in [1.165, 1.54) is 77.0 Å². The van der Waals surface area contributed by atoms with E-state index in [1.54, 1.807) is 0 Å². The van der Waals surface area contributed by atoms with Crippen LogP contribution >= 0.6 is 0 Å². The molecule has 0 bridgehead atoms. The van der Waals surface area contributed by atoms with Gasteiger partial charge in [-0.05, 0) is 63.5 Å². The molecule has 0 fully saturated rings. The highest BCUT2D eigenvalue weighted by Crippen LogP contribution is 2.25. The second-order valence-corrected chi connectivity index (χ2v) is 11.9. The number of hydrogen-bond donors (Lipinski definition) is 0. The van der Waals surface area contributed by atoms with Gasteiger partial charge in [-0.1, -0.05) is 105 Å². The molecule has 6 nitrogen and oxygen atoms in total. The van der Waals surface area contributed by atoms with E-state index in [9.17, 15) is 0 Å². The van der Waals surface area contributed by atoms with Crippen LogP contribution in [0.2, 0.25) is 0 Å². The van der Waals surface area contributed by atoms with Crippen molar-refractivity contribution in [1.82, 2.24) is 30.1 Å². The molecular weight excluding hydrogens is 516 g/mol. The summed E-state index contributed by atoms with van der Waals surface area (Å²) in [6.45, 7) is 8.99. The lowest BCUT2D eigenvalue weighted by atomic mass is 10.1. The summed E-state index contributed by atoms with van der Waals surface area (Å²) in [6.07, 6.45) is 27.2. The molecule has 0 amide bonds. The van der Waals surface area contributed by atoms with Gasteiger partial charge < -0.3 is 0 Å². The monoisotopic (exact) mass is 572 g/mol. The van der Waals surface area contributed by atoms with E-state index in [0.29, 0.717) is 0 Å². The molecular formula is C36H56N6. The Balaban J connectivity index is 1.86. The lowest BCUT2D eigenvalue weighted by Gasteiger charge is -2.12. The topological polar surface area (TPSA) is 77.3 Å². The van der Waals surface area contributed by atoms with Crippen LogP contribution in [0.25, 0.3) is 22.8 Å². The van der Waals surface area contributed by atoms with Crippen LogP contribution in [0, 0.1) is 0 Å². The van der Waals surface area contributed by atoms with E-state index in [0.717, 1.165) is 96.9 Å². The summed E-state index contributed by atoms with van der Waals surface area (Å²) >= 11 is 0. The summed E-state index contributed by atoms with van der Waals surface area (Å²) in [7, 11) is 0. The Morgan fingerprint density at radius 3 is 1.12 bits per heavy atom. The maximum atomic E-state index is 5.09. The number of rotatable bonds is 22. The standard InChI is InChI=1S/C36H56N6/c1-5-9-13-17-21-29-27-37-31(23-19-15-11-7-3)35(39-29)33-25-26-34(42-41-33)36-32(24-20-16-12-8-4)38-28-30(40-36)22-18-14-10-6-2/h25-28H,5-24H2,1-4H3. The van der Waals surface area contributed by atoms with Crippen LogP contribution in [0.5, 0.6) is 0 Å². The smallest absolute Gasteiger partial charge is 0.113 e. The maximum Gasteiger partial charge on any atom is 0.113 e. The lowest BCUT2D eigenvalue weighted by Crippen LogP contribution is -2.06. The molecule has 3 rings (SSSR count). The van der Waals surface area contributed by atoms with Crippen LogP contribution in [0.3, 0.4) is 0 Å². The van der Waals surface area contributed by atoms with Gasteiger partial charge in [0.2, 0.25) is 0 Å². The Hall–Kier alpha value is -2.76. The predicted molar refractivity (Wildman–Crippen MR) is 175 cm³/mol. The van der Waals surface area contributed by atoms with Gasteiger partial charge in [0.05, 0.1) is 22.8 Å². The minimum atomic E-state index is 0.806. The molecule has 42 heavy (non-hydrogen) atoms. The van der Waals surface area contributed by atoms with Crippen molar-refractivity contribution in [1.29, 1.82) is 0 Å². The minimum Gasteiger partial charge on any atom is -0.257 e. The van der Waals surface area contributed by atoms with Gasteiger partial charge in [0.1, 0.15) is 22.8 Å². The first-order valence-electron chi connectivity index (χ1n) is 17.2. The SMILES string of the molecule is CCCCCCc1cnc(CCCCCC)c(-c2ccc(-c3nc(CCCCCC)cnc3CCCCCC)nn2)n1. The lowest BCUT2D eigenvalue weighted by molar-refractivity contribution is 0.650. The molecule has 0 N–H and O–H groups in total. The normalized spacial score (nSPS) is 11.3. The first-order valence-corrected chi connectivity index (χ1v) is 17.2. The van der Waals surface area contributed by atoms with E-state index in [4.69, 9.17) is 30.1 Å². The fourth-order valence-electron chi connectivity index (χ4n) is 5.41. The van der Waals surface area contributed by atoms with E-state index in [-0.39, 0.29) is 0 Å². The highest BCUT2D eigenvalue weighted by Gasteiger charge is 2.16. The zero-order valence-electron chi connectivity index (χ0n) is 27.1.